The second-order valence-corrected chi connectivity index (χ2v) is 8.43. The van der Waals surface area contributed by atoms with Crippen LogP contribution in [0.4, 0.5) is 5.69 Å². The van der Waals surface area contributed by atoms with Crippen molar-refractivity contribution in [3.05, 3.63) is 101 Å². The third kappa shape index (κ3) is 5.58. The molecule has 1 amide bonds. The molecular weight excluding hydrogens is 368 g/mol. The lowest BCUT2D eigenvalue weighted by atomic mass is 9.90. The number of piperidine rings is 1. The van der Waals surface area contributed by atoms with E-state index in [-0.39, 0.29) is 5.91 Å². The highest BCUT2D eigenvalue weighted by molar-refractivity contribution is 6.04. The standard InChI is InChI=1S/C27H30N2O/c1-21-10-12-26(13-11-21)28-27(30)25-9-5-8-24(19-25)20-29-16-14-23(15-17-29)18-22-6-3-2-4-7-22/h2-13,19,23H,14-18,20H2,1H3,(H,28,30). The molecular formula is C27H30N2O. The number of benzene rings is 3. The first kappa shape index (κ1) is 20.4. The summed E-state index contributed by atoms with van der Waals surface area (Å²) in [5.41, 5.74) is 5.38. The van der Waals surface area contributed by atoms with Gasteiger partial charge in [0.15, 0.2) is 0 Å². The van der Waals surface area contributed by atoms with E-state index < -0.39 is 0 Å². The van der Waals surface area contributed by atoms with Gasteiger partial charge in [-0.15, -0.1) is 0 Å². The van der Waals surface area contributed by atoms with Gasteiger partial charge in [0.1, 0.15) is 0 Å². The minimum Gasteiger partial charge on any atom is -0.322 e. The summed E-state index contributed by atoms with van der Waals surface area (Å²) < 4.78 is 0. The molecule has 1 aliphatic rings. The van der Waals surface area contributed by atoms with Crippen molar-refractivity contribution < 1.29 is 4.79 Å². The zero-order chi connectivity index (χ0) is 20.8. The number of likely N-dealkylation sites (tertiary alicyclic amines) is 1. The van der Waals surface area contributed by atoms with Gasteiger partial charge in [0.05, 0.1) is 0 Å². The fourth-order valence-corrected chi connectivity index (χ4v) is 4.21. The van der Waals surface area contributed by atoms with Crippen molar-refractivity contribution >= 4 is 11.6 Å². The van der Waals surface area contributed by atoms with Crippen LogP contribution in [0, 0.1) is 12.8 Å². The smallest absolute Gasteiger partial charge is 0.255 e. The van der Waals surface area contributed by atoms with Gasteiger partial charge in [-0.3, -0.25) is 9.69 Å². The highest BCUT2D eigenvalue weighted by Crippen LogP contribution is 2.23. The van der Waals surface area contributed by atoms with E-state index in [1.807, 2.05) is 49.4 Å². The fraction of sp³-hybridized carbons (Fsp3) is 0.296. The van der Waals surface area contributed by atoms with E-state index in [0.717, 1.165) is 31.2 Å². The Balaban J connectivity index is 1.30. The van der Waals surface area contributed by atoms with Gasteiger partial charge in [0, 0.05) is 17.8 Å². The normalized spacial score (nSPS) is 15.1. The molecule has 30 heavy (non-hydrogen) atoms. The van der Waals surface area contributed by atoms with Crippen LogP contribution in [0.15, 0.2) is 78.9 Å². The predicted octanol–water partition coefficient (Wildman–Crippen LogP) is 5.70. The Labute approximate surface area is 179 Å². The topological polar surface area (TPSA) is 32.3 Å². The first-order valence-electron chi connectivity index (χ1n) is 10.9. The van der Waals surface area contributed by atoms with Gasteiger partial charge in [-0.05, 0) is 80.6 Å². The number of hydrogen-bond donors (Lipinski definition) is 1. The van der Waals surface area contributed by atoms with Crippen molar-refractivity contribution in [2.45, 2.75) is 32.7 Å². The Morgan fingerprint density at radius 1 is 0.900 bits per heavy atom. The average Bonchev–Trinajstić information content (AvgIpc) is 2.78. The molecule has 3 aromatic rings. The van der Waals surface area contributed by atoms with Gasteiger partial charge in [-0.1, -0.05) is 60.2 Å². The van der Waals surface area contributed by atoms with Gasteiger partial charge < -0.3 is 5.32 Å². The molecule has 0 aliphatic carbocycles. The Morgan fingerprint density at radius 3 is 2.33 bits per heavy atom. The third-order valence-corrected chi connectivity index (χ3v) is 5.98. The first-order chi connectivity index (χ1) is 14.7. The number of carbonyl (C=O) groups is 1. The highest BCUT2D eigenvalue weighted by Gasteiger charge is 2.19. The van der Waals surface area contributed by atoms with Gasteiger partial charge in [0.2, 0.25) is 0 Å². The molecule has 3 nitrogen and oxygen atoms in total. The van der Waals surface area contributed by atoms with Gasteiger partial charge in [-0.25, -0.2) is 0 Å². The maximum absolute atomic E-state index is 12.6. The fourth-order valence-electron chi connectivity index (χ4n) is 4.21. The lowest BCUT2D eigenvalue weighted by Crippen LogP contribution is -2.33. The summed E-state index contributed by atoms with van der Waals surface area (Å²) in [5, 5.41) is 2.99. The Bertz CT molecular complexity index is 958. The van der Waals surface area contributed by atoms with Crippen molar-refractivity contribution in [2.75, 3.05) is 18.4 Å². The molecule has 0 atom stereocenters. The van der Waals surface area contributed by atoms with Crippen LogP contribution < -0.4 is 5.32 Å². The SMILES string of the molecule is Cc1ccc(NC(=O)c2cccc(CN3CCC(Cc4ccccc4)CC3)c2)cc1. The van der Waals surface area contributed by atoms with E-state index in [9.17, 15) is 4.79 Å². The quantitative estimate of drug-likeness (QED) is 0.577. The number of aryl methyl sites for hydroxylation is 1. The number of carbonyl (C=O) groups excluding carboxylic acids is 1. The molecule has 1 fully saturated rings. The number of hydrogen-bond acceptors (Lipinski definition) is 2. The molecule has 0 aromatic heterocycles. The van der Waals surface area contributed by atoms with E-state index >= 15 is 0 Å². The van der Waals surface area contributed by atoms with Gasteiger partial charge >= 0.3 is 0 Å². The van der Waals surface area contributed by atoms with Crippen LogP contribution in [-0.4, -0.2) is 23.9 Å². The monoisotopic (exact) mass is 398 g/mol. The molecule has 3 aromatic carbocycles. The second-order valence-electron chi connectivity index (χ2n) is 8.43. The molecule has 4 rings (SSSR count). The largest absolute Gasteiger partial charge is 0.322 e. The van der Waals surface area contributed by atoms with Crippen molar-refractivity contribution in [3.8, 4) is 0 Å². The summed E-state index contributed by atoms with van der Waals surface area (Å²) in [4.78, 5) is 15.1. The molecule has 1 heterocycles. The zero-order valence-corrected chi connectivity index (χ0v) is 17.7. The van der Waals surface area contributed by atoms with E-state index in [4.69, 9.17) is 0 Å². The molecule has 0 saturated carbocycles. The van der Waals surface area contributed by atoms with Crippen molar-refractivity contribution in [1.82, 2.24) is 4.90 Å². The van der Waals surface area contributed by atoms with Crippen LogP contribution in [0.3, 0.4) is 0 Å². The van der Waals surface area contributed by atoms with E-state index in [0.29, 0.717) is 5.56 Å². The summed E-state index contributed by atoms with van der Waals surface area (Å²) >= 11 is 0. The van der Waals surface area contributed by atoms with Crippen LogP contribution in [0.2, 0.25) is 0 Å². The lowest BCUT2D eigenvalue weighted by molar-refractivity contribution is 0.102. The van der Waals surface area contributed by atoms with Crippen molar-refractivity contribution in [1.29, 1.82) is 0 Å². The third-order valence-electron chi connectivity index (χ3n) is 5.98. The van der Waals surface area contributed by atoms with Crippen LogP contribution in [-0.2, 0) is 13.0 Å². The maximum atomic E-state index is 12.6. The molecule has 0 bridgehead atoms. The molecule has 1 aliphatic heterocycles. The number of rotatable bonds is 6. The second kappa shape index (κ2) is 9.73. The van der Waals surface area contributed by atoms with E-state index in [1.165, 1.54) is 36.0 Å². The van der Waals surface area contributed by atoms with Crippen LogP contribution in [0.1, 0.15) is 39.9 Å². The number of nitrogens with one attached hydrogen (secondary N) is 1. The lowest BCUT2D eigenvalue weighted by Gasteiger charge is -2.32. The van der Waals surface area contributed by atoms with Crippen LogP contribution >= 0.6 is 0 Å². The molecule has 0 unspecified atom stereocenters. The van der Waals surface area contributed by atoms with Crippen LogP contribution in [0.25, 0.3) is 0 Å². The molecule has 1 saturated heterocycles. The van der Waals surface area contributed by atoms with Crippen LogP contribution in [0.5, 0.6) is 0 Å². The minimum absolute atomic E-state index is 0.0535. The maximum Gasteiger partial charge on any atom is 0.255 e. The van der Waals surface area contributed by atoms with Crippen molar-refractivity contribution in [2.24, 2.45) is 5.92 Å². The summed E-state index contributed by atoms with van der Waals surface area (Å²) in [6, 6.07) is 26.7. The number of anilines is 1. The zero-order valence-electron chi connectivity index (χ0n) is 17.7. The van der Waals surface area contributed by atoms with Crippen molar-refractivity contribution in [3.63, 3.8) is 0 Å². The first-order valence-corrected chi connectivity index (χ1v) is 10.9. The molecule has 0 radical (unpaired) electrons. The Morgan fingerprint density at radius 2 is 1.60 bits per heavy atom. The number of nitrogens with zero attached hydrogens (tertiary/aromatic N) is 1. The van der Waals surface area contributed by atoms with E-state index in [1.54, 1.807) is 0 Å². The summed E-state index contributed by atoms with van der Waals surface area (Å²) in [7, 11) is 0. The summed E-state index contributed by atoms with van der Waals surface area (Å²) in [6.07, 6.45) is 3.66. The highest BCUT2D eigenvalue weighted by atomic mass is 16.1. The molecule has 1 N–H and O–H groups in total. The van der Waals surface area contributed by atoms with E-state index in [2.05, 4.69) is 46.6 Å². The summed E-state index contributed by atoms with van der Waals surface area (Å²) in [5.74, 6) is 0.720. The predicted molar refractivity (Wildman–Crippen MR) is 124 cm³/mol. The molecule has 0 spiro atoms. The Hall–Kier alpha value is -2.91. The number of amides is 1. The molecule has 154 valence electrons. The average molecular weight is 399 g/mol. The minimum atomic E-state index is -0.0535. The molecule has 3 heteroatoms. The summed E-state index contributed by atoms with van der Waals surface area (Å²) in [6.45, 7) is 5.19. The van der Waals surface area contributed by atoms with Gasteiger partial charge in [0.25, 0.3) is 5.91 Å². The Kier molecular flexibility index (Phi) is 6.60. The van der Waals surface area contributed by atoms with Gasteiger partial charge in [-0.2, -0.15) is 0 Å².